The number of nitrogens with one attached hydrogen (secondary N) is 1. The van der Waals surface area contributed by atoms with Crippen molar-refractivity contribution in [3.05, 3.63) is 35.9 Å². The molecule has 0 unspecified atom stereocenters. The van der Waals surface area contributed by atoms with Crippen LogP contribution in [-0.4, -0.2) is 77.9 Å². The molecule has 0 aliphatic heterocycles. The van der Waals surface area contributed by atoms with E-state index in [-0.39, 0.29) is 26.4 Å². The van der Waals surface area contributed by atoms with Crippen LogP contribution in [0.5, 0.6) is 0 Å². The van der Waals surface area contributed by atoms with E-state index in [9.17, 15) is 0 Å². The number of aliphatic hydroxyl groups excluding tert-OH is 4. The van der Waals surface area contributed by atoms with Gasteiger partial charge in [0, 0.05) is 32.7 Å². The maximum atomic E-state index is 8.82. The molecule has 0 aromatic heterocycles. The van der Waals surface area contributed by atoms with Crippen molar-refractivity contribution in [3.8, 4) is 0 Å². The van der Waals surface area contributed by atoms with Gasteiger partial charge in [-0.2, -0.15) is 0 Å². The minimum absolute atomic E-state index is 0.132. The van der Waals surface area contributed by atoms with Crippen molar-refractivity contribution >= 4 is 0 Å². The Balaban J connectivity index is 0.000000486. The first-order valence-corrected chi connectivity index (χ1v) is 7.18. The highest BCUT2D eigenvalue weighted by atomic mass is 16.3. The quantitative estimate of drug-likeness (QED) is 0.357. The molecule has 6 nitrogen and oxygen atoms in total. The van der Waals surface area contributed by atoms with Crippen molar-refractivity contribution in [3.63, 3.8) is 0 Å². The molecule has 0 atom stereocenters. The van der Waals surface area contributed by atoms with Crippen LogP contribution >= 0.6 is 0 Å². The Kier molecular flexibility index (Phi) is 14.6. The summed E-state index contributed by atoms with van der Waals surface area (Å²) < 4.78 is 0. The summed E-state index contributed by atoms with van der Waals surface area (Å²) in [6.45, 7) is 3.67. The molecular weight excluding hydrogens is 272 g/mol. The highest BCUT2D eigenvalue weighted by Crippen LogP contribution is 2.03. The van der Waals surface area contributed by atoms with E-state index in [4.69, 9.17) is 20.4 Å². The number of rotatable bonds is 10. The van der Waals surface area contributed by atoms with Gasteiger partial charge in [0.1, 0.15) is 0 Å². The maximum Gasteiger partial charge on any atom is 0.0558 e. The summed E-state index contributed by atoms with van der Waals surface area (Å²) in [7, 11) is 0. The Morgan fingerprint density at radius 1 is 0.762 bits per heavy atom. The second-order valence-electron chi connectivity index (χ2n) is 4.41. The van der Waals surface area contributed by atoms with Gasteiger partial charge in [0.05, 0.1) is 26.4 Å². The van der Waals surface area contributed by atoms with Gasteiger partial charge < -0.3 is 25.7 Å². The Morgan fingerprint density at radius 3 is 1.71 bits per heavy atom. The zero-order valence-corrected chi connectivity index (χ0v) is 12.5. The monoisotopic (exact) mass is 300 g/mol. The molecule has 0 saturated heterocycles. The van der Waals surface area contributed by atoms with E-state index >= 15 is 0 Å². The summed E-state index contributed by atoms with van der Waals surface area (Å²) in [5.74, 6) is 0. The lowest BCUT2D eigenvalue weighted by atomic mass is 10.2. The van der Waals surface area contributed by atoms with Crippen molar-refractivity contribution in [1.82, 2.24) is 10.2 Å². The molecule has 0 heterocycles. The van der Waals surface area contributed by atoms with Crippen LogP contribution in [0.1, 0.15) is 5.56 Å². The van der Waals surface area contributed by atoms with E-state index in [0.29, 0.717) is 26.2 Å². The van der Waals surface area contributed by atoms with Crippen LogP contribution in [0, 0.1) is 0 Å². The second-order valence-corrected chi connectivity index (χ2v) is 4.41. The molecule has 0 fully saturated rings. The van der Waals surface area contributed by atoms with Crippen LogP contribution in [0.3, 0.4) is 0 Å². The predicted octanol–water partition coefficient (Wildman–Crippen LogP) is -0.966. The molecule has 1 rings (SSSR count). The summed E-state index contributed by atoms with van der Waals surface area (Å²) >= 11 is 0. The third-order valence-electron chi connectivity index (χ3n) is 2.66. The van der Waals surface area contributed by atoms with E-state index in [1.54, 1.807) is 0 Å². The van der Waals surface area contributed by atoms with Gasteiger partial charge in [0.15, 0.2) is 0 Å². The summed E-state index contributed by atoms with van der Waals surface area (Å²) in [6, 6.07) is 10.0. The molecule has 5 N–H and O–H groups in total. The van der Waals surface area contributed by atoms with Crippen molar-refractivity contribution in [1.29, 1.82) is 0 Å². The van der Waals surface area contributed by atoms with E-state index in [0.717, 1.165) is 6.54 Å². The summed E-state index contributed by atoms with van der Waals surface area (Å²) in [6.07, 6.45) is 0. The zero-order valence-electron chi connectivity index (χ0n) is 12.5. The normalized spacial score (nSPS) is 10.3. The zero-order chi connectivity index (χ0) is 15.8. The van der Waals surface area contributed by atoms with Crippen LogP contribution in [-0.2, 0) is 6.54 Å². The molecule has 0 bridgehead atoms. The fourth-order valence-electron chi connectivity index (χ4n) is 1.68. The first kappa shape index (κ1) is 20.0. The Bertz CT molecular complexity index is 302. The highest BCUT2D eigenvalue weighted by molar-refractivity contribution is 5.14. The molecule has 0 amide bonds. The van der Waals surface area contributed by atoms with Gasteiger partial charge in [0.25, 0.3) is 0 Å². The molecular formula is C15H28N2O4. The van der Waals surface area contributed by atoms with E-state index < -0.39 is 0 Å². The first-order valence-electron chi connectivity index (χ1n) is 7.18. The molecule has 1 aromatic carbocycles. The smallest absolute Gasteiger partial charge is 0.0558 e. The standard InChI is InChI=1S/C11H17NO2.C4H11NO2/c13-8-6-12(7-9-14)10-11-4-2-1-3-5-11;6-3-1-5-2-4-7/h1-5,13-14H,6-10H2;5-7H,1-4H2. The van der Waals surface area contributed by atoms with Gasteiger partial charge >= 0.3 is 0 Å². The van der Waals surface area contributed by atoms with Crippen molar-refractivity contribution < 1.29 is 20.4 Å². The average Bonchev–Trinajstić information content (AvgIpc) is 2.50. The Labute approximate surface area is 126 Å². The highest BCUT2D eigenvalue weighted by Gasteiger charge is 2.03. The summed E-state index contributed by atoms with van der Waals surface area (Å²) in [5, 5.41) is 36.7. The van der Waals surface area contributed by atoms with Crippen molar-refractivity contribution in [2.75, 3.05) is 52.6 Å². The van der Waals surface area contributed by atoms with Gasteiger partial charge in [-0.05, 0) is 5.56 Å². The number of benzene rings is 1. The molecule has 0 spiro atoms. The van der Waals surface area contributed by atoms with E-state index in [1.165, 1.54) is 5.56 Å². The van der Waals surface area contributed by atoms with E-state index in [2.05, 4.69) is 5.32 Å². The van der Waals surface area contributed by atoms with Crippen LogP contribution in [0.15, 0.2) is 30.3 Å². The fourth-order valence-corrected chi connectivity index (χ4v) is 1.68. The SMILES string of the molecule is OCCN(CCO)Cc1ccccc1.OCCNCCO. The van der Waals surface area contributed by atoms with Gasteiger partial charge in [-0.25, -0.2) is 0 Å². The van der Waals surface area contributed by atoms with Crippen molar-refractivity contribution in [2.24, 2.45) is 0 Å². The minimum atomic E-state index is 0.132. The third-order valence-corrected chi connectivity index (χ3v) is 2.66. The first-order chi connectivity index (χ1) is 10.3. The average molecular weight is 300 g/mol. The van der Waals surface area contributed by atoms with Gasteiger partial charge in [-0.3, -0.25) is 4.90 Å². The van der Waals surface area contributed by atoms with Crippen LogP contribution in [0.25, 0.3) is 0 Å². The topological polar surface area (TPSA) is 96.2 Å². The van der Waals surface area contributed by atoms with Crippen LogP contribution in [0.2, 0.25) is 0 Å². The molecule has 0 radical (unpaired) electrons. The third kappa shape index (κ3) is 12.4. The molecule has 0 aliphatic rings. The Hall–Kier alpha value is -1.02. The summed E-state index contributed by atoms with van der Waals surface area (Å²) in [5.41, 5.74) is 1.20. The number of hydrogen-bond donors (Lipinski definition) is 5. The molecule has 0 saturated carbocycles. The lowest BCUT2D eigenvalue weighted by Crippen LogP contribution is -2.29. The molecule has 6 heteroatoms. The van der Waals surface area contributed by atoms with Crippen LogP contribution in [0.4, 0.5) is 0 Å². The van der Waals surface area contributed by atoms with Crippen LogP contribution < -0.4 is 5.32 Å². The molecule has 1 aromatic rings. The molecule has 21 heavy (non-hydrogen) atoms. The predicted molar refractivity (Wildman–Crippen MR) is 82.9 cm³/mol. The second kappa shape index (κ2) is 15.4. The number of nitrogens with zero attached hydrogens (tertiary/aromatic N) is 1. The summed E-state index contributed by atoms with van der Waals surface area (Å²) in [4.78, 5) is 2.02. The van der Waals surface area contributed by atoms with Gasteiger partial charge in [-0.1, -0.05) is 30.3 Å². The van der Waals surface area contributed by atoms with Gasteiger partial charge in [-0.15, -0.1) is 0 Å². The lowest BCUT2D eigenvalue weighted by Gasteiger charge is -2.19. The number of aliphatic hydroxyl groups is 4. The molecule has 122 valence electrons. The lowest BCUT2D eigenvalue weighted by molar-refractivity contribution is 0.156. The molecule has 0 aliphatic carbocycles. The Morgan fingerprint density at radius 2 is 1.29 bits per heavy atom. The largest absolute Gasteiger partial charge is 0.395 e. The van der Waals surface area contributed by atoms with Crippen molar-refractivity contribution in [2.45, 2.75) is 6.54 Å². The minimum Gasteiger partial charge on any atom is -0.395 e. The fraction of sp³-hybridized carbons (Fsp3) is 0.600. The van der Waals surface area contributed by atoms with Gasteiger partial charge in [0.2, 0.25) is 0 Å². The number of hydrogen-bond acceptors (Lipinski definition) is 6. The maximum absolute atomic E-state index is 8.82. The van der Waals surface area contributed by atoms with E-state index in [1.807, 2.05) is 35.2 Å².